The molecule has 1 aliphatic rings. The molecule has 1 atom stereocenters. The summed E-state index contributed by atoms with van der Waals surface area (Å²) in [6.07, 6.45) is -3.25. The van der Waals surface area contributed by atoms with Crippen molar-refractivity contribution in [3.8, 4) is 5.69 Å². The molecule has 9 heteroatoms. The highest BCUT2D eigenvalue weighted by Crippen LogP contribution is 2.28. The summed E-state index contributed by atoms with van der Waals surface area (Å²) in [6, 6.07) is 7.09. The summed E-state index contributed by atoms with van der Waals surface area (Å²) < 4.78 is 44.3. The quantitative estimate of drug-likeness (QED) is 0.901. The molecule has 0 saturated carbocycles. The minimum Gasteiger partial charge on any atom is -0.375 e. The van der Waals surface area contributed by atoms with E-state index < -0.39 is 11.9 Å². The third kappa shape index (κ3) is 4.11. The Morgan fingerprint density at radius 1 is 1.28 bits per heavy atom. The lowest BCUT2D eigenvalue weighted by atomic mass is 10.2. The van der Waals surface area contributed by atoms with E-state index in [1.54, 1.807) is 29.2 Å². The molecule has 2 amide bonds. The summed E-state index contributed by atoms with van der Waals surface area (Å²) in [5.74, 6) is 0. The van der Waals surface area contributed by atoms with Gasteiger partial charge in [0, 0.05) is 25.0 Å². The van der Waals surface area contributed by atoms with Gasteiger partial charge in [-0.15, -0.1) is 0 Å². The van der Waals surface area contributed by atoms with E-state index in [-0.39, 0.29) is 12.1 Å². The highest BCUT2D eigenvalue weighted by atomic mass is 19.4. The van der Waals surface area contributed by atoms with Gasteiger partial charge in [0.25, 0.3) is 0 Å². The molecule has 2 heterocycles. The Labute approximate surface area is 142 Å². The van der Waals surface area contributed by atoms with Crippen LogP contribution in [0.3, 0.4) is 0 Å². The number of aromatic nitrogens is 2. The van der Waals surface area contributed by atoms with E-state index in [0.29, 0.717) is 31.1 Å². The van der Waals surface area contributed by atoms with Crippen LogP contribution in [-0.2, 0) is 10.9 Å². The zero-order valence-corrected chi connectivity index (χ0v) is 13.5. The molecule has 1 saturated heterocycles. The van der Waals surface area contributed by atoms with E-state index in [1.165, 1.54) is 6.20 Å². The lowest BCUT2D eigenvalue weighted by Crippen LogP contribution is -2.46. The van der Waals surface area contributed by atoms with Crippen LogP contribution in [0, 0.1) is 0 Å². The Morgan fingerprint density at radius 3 is 2.60 bits per heavy atom. The summed E-state index contributed by atoms with van der Waals surface area (Å²) in [7, 11) is 0. The molecule has 0 spiro atoms. The number of hydrogen-bond acceptors (Lipinski definition) is 3. The second-order valence-corrected chi connectivity index (χ2v) is 5.75. The van der Waals surface area contributed by atoms with Crippen LogP contribution < -0.4 is 5.32 Å². The molecule has 1 aliphatic heterocycles. The predicted octanol–water partition coefficient (Wildman–Crippen LogP) is 3.14. The highest BCUT2D eigenvalue weighted by molar-refractivity contribution is 5.89. The molecule has 25 heavy (non-hydrogen) atoms. The van der Waals surface area contributed by atoms with Gasteiger partial charge < -0.3 is 15.0 Å². The predicted molar refractivity (Wildman–Crippen MR) is 84.6 cm³/mol. The molecule has 6 nitrogen and oxygen atoms in total. The Hall–Kier alpha value is -2.55. The van der Waals surface area contributed by atoms with Crippen LogP contribution in [0.5, 0.6) is 0 Å². The number of alkyl halides is 3. The van der Waals surface area contributed by atoms with Crippen LogP contribution >= 0.6 is 0 Å². The van der Waals surface area contributed by atoms with Crippen LogP contribution in [0.4, 0.5) is 23.7 Å². The van der Waals surface area contributed by atoms with Gasteiger partial charge >= 0.3 is 12.2 Å². The van der Waals surface area contributed by atoms with E-state index in [1.807, 2.05) is 6.92 Å². The van der Waals surface area contributed by atoms with Crippen molar-refractivity contribution in [1.82, 2.24) is 14.7 Å². The van der Waals surface area contributed by atoms with Crippen molar-refractivity contribution in [1.29, 1.82) is 0 Å². The molecule has 0 unspecified atom stereocenters. The van der Waals surface area contributed by atoms with Gasteiger partial charge in [0.05, 0.1) is 18.4 Å². The first kappa shape index (κ1) is 17.3. The number of carbonyl (C=O) groups excluding carboxylic acids is 1. The minimum absolute atomic E-state index is 0.00970. The second kappa shape index (κ2) is 6.75. The van der Waals surface area contributed by atoms with Crippen molar-refractivity contribution >= 4 is 11.7 Å². The van der Waals surface area contributed by atoms with Crippen LogP contribution in [0.25, 0.3) is 5.69 Å². The maximum absolute atomic E-state index is 12.6. The fraction of sp³-hybridized carbons (Fsp3) is 0.375. The fourth-order valence-corrected chi connectivity index (χ4v) is 2.52. The van der Waals surface area contributed by atoms with Gasteiger partial charge in [-0.1, -0.05) is 0 Å². The van der Waals surface area contributed by atoms with Crippen LogP contribution in [0.1, 0.15) is 12.6 Å². The standard InChI is InChI=1S/C16H17F3N4O2/c1-11-10-22(8-9-25-11)15(24)20-12-2-4-13(5-3-12)23-7-6-14(21-23)16(17,18)19/h2-7,11H,8-10H2,1H3,(H,20,24)/t11-/m0/s1. The van der Waals surface area contributed by atoms with Gasteiger partial charge in [-0.05, 0) is 37.3 Å². The van der Waals surface area contributed by atoms with Crippen molar-refractivity contribution in [2.45, 2.75) is 19.2 Å². The number of ether oxygens (including phenoxy) is 1. The third-order valence-corrected chi connectivity index (χ3v) is 3.79. The number of nitrogens with one attached hydrogen (secondary N) is 1. The van der Waals surface area contributed by atoms with E-state index in [0.717, 1.165) is 10.7 Å². The Bertz CT molecular complexity index is 743. The van der Waals surface area contributed by atoms with Gasteiger partial charge in [-0.2, -0.15) is 18.3 Å². The first-order chi connectivity index (χ1) is 11.8. The molecule has 2 aromatic rings. The summed E-state index contributed by atoms with van der Waals surface area (Å²) >= 11 is 0. The number of morpholine rings is 1. The summed E-state index contributed by atoms with van der Waals surface area (Å²) in [4.78, 5) is 13.9. The van der Waals surface area contributed by atoms with E-state index >= 15 is 0 Å². The van der Waals surface area contributed by atoms with Crippen molar-refractivity contribution < 1.29 is 22.7 Å². The number of anilines is 1. The number of nitrogens with zero attached hydrogens (tertiary/aromatic N) is 3. The number of carbonyl (C=O) groups is 1. The SMILES string of the molecule is C[C@H]1CN(C(=O)Nc2ccc(-n3ccc(C(F)(F)F)n3)cc2)CCO1. The third-order valence-electron chi connectivity index (χ3n) is 3.79. The first-order valence-corrected chi connectivity index (χ1v) is 7.74. The van der Waals surface area contributed by atoms with Crippen molar-refractivity contribution in [2.75, 3.05) is 25.0 Å². The largest absolute Gasteiger partial charge is 0.435 e. The van der Waals surface area contributed by atoms with Crippen LogP contribution in [-0.4, -0.2) is 46.5 Å². The van der Waals surface area contributed by atoms with E-state index in [4.69, 9.17) is 4.74 Å². The van der Waals surface area contributed by atoms with Gasteiger partial charge in [-0.3, -0.25) is 0 Å². The molecule has 0 aliphatic carbocycles. The molecule has 1 aromatic heterocycles. The highest BCUT2D eigenvalue weighted by Gasteiger charge is 2.33. The lowest BCUT2D eigenvalue weighted by molar-refractivity contribution is -0.141. The van der Waals surface area contributed by atoms with Gasteiger partial charge in [-0.25, -0.2) is 9.48 Å². The summed E-state index contributed by atoms with van der Waals surface area (Å²) in [5.41, 5.74) is 0.0657. The maximum atomic E-state index is 12.6. The van der Waals surface area contributed by atoms with Crippen molar-refractivity contribution in [3.63, 3.8) is 0 Å². The number of hydrogen-bond donors (Lipinski definition) is 1. The average Bonchev–Trinajstić information content (AvgIpc) is 3.06. The molecular weight excluding hydrogens is 337 g/mol. The molecule has 1 N–H and O–H groups in total. The van der Waals surface area contributed by atoms with E-state index in [9.17, 15) is 18.0 Å². The number of halogens is 3. The van der Waals surface area contributed by atoms with Gasteiger partial charge in [0.1, 0.15) is 0 Å². The van der Waals surface area contributed by atoms with Crippen LogP contribution in [0.2, 0.25) is 0 Å². The molecule has 134 valence electrons. The van der Waals surface area contributed by atoms with E-state index in [2.05, 4.69) is 10.4 Å². The molecule has 0 bridgehead atoms. The topological polar surface area (TPSA) is 59.4 Å². The van der Waals surface area contributed by atoms with Crippen molar-refractivity contribution in [3.05, 3.63) is 42.2 Å². The zero-order valence-electron chi connectivity index (χ0n) is 13.5. The Kier molecular flexibility index (Phi) is 4.67. The molecule has 0 radical (unpaired) electrons. The molecule has 1 aromatic carbocycles. The molecular formula is C16H17F3N4O2. The monoisotopic (exact) mass is 354 g/mol. The Balaban J connectivity index is 1.66. The van der Waals surface area contributed by atoms with Gasteiger partial charge in [0.2, 0.25) is 0 Å². The molecule has 3 rings (SSSR count). The zero-order chi connectivity index (χ0) is 18.0. The fourth-order valence-electron chi connectivity index (χ4n) is 2.52. The molecule has 1 fully saturated rings. The average molecular weight is 354 g/mol. The second-order valence-electron chi connectivity index (χ2n) is 5.75. The number of rotatable bonds is 2. The number of benzene rings is 1. The first-order valence-electron chi connectivity index (χ1n) is 7.74. The normalized spacial score (nSPS) is 18.2. The van der Waals surface area contributed by atoms with Crippen molar-refractivity contribution in [2.24, 2.45) is 0 Å². The smallest absolute Gasteiger partial charge is 0.375 e. The van der Waals surface area contributed by atoms with Crippen LogP contribution in [0.15, 0.2) is 36.5 Å². The Morgan fingerprint density at radius 2 is 2.00 bits per heavy atom. The summed E-state index contributed by atoms with van der Waals surface area (Å²) in [5, 5.41) is 6.27. The maximum Gasteiger partial charge on any atom is 0.435 e. The minimum atomic E-state index is -4.48. The lowest BCUT2D eigenvalue weighted by Gasteiger charge is -2.31. The number of urea groups is 1. The number of amides is 2. The van der Waals surface area contributed by atoms with Gasteiger partial charge in [0.15, 0.2) is 5.69 Å². The summed E-state index contributed by atoms with van der Waals surface area (Å²) in [6.45, 7) is 3.42.